The van der Waals surface area contributed by atoms with Gasteiger partial charge in [-0.1, -0.05) is 11.3 Å². The predicted octanol–water partition coefficient (Wildman–Crippen LogP) is 0.541. The number of primary sulfonamides is 1. The number of benzene rings is 1. The van der Waals surface area contributed by atoms with Gasteiger partial charge in [0.2, 0.25) is 15.8 Å². The maximum absolute atomic E-state index is 12.2. The quantitative estimate of drug-likeness (QED) is 0.697. The summed E-state index contributed by atoms with van der Waals surface area (Å²) in [6, 6.07) is 10.7. The maximum atomic E-state index is 12.2. The summed E-state index contributed by atoms with van der Waals surface area (Å²) in [5, 5.41) is 12.7. The molecule has 2 aromatic heterocycles. The fraction of sp³-hybridized carbons (Fsp3) is 0. The van der Waals surface area contributed by atoms with Crippen molar-refractivity contribution in [1.29, 1.82) is 0 Å². The molecule has 9 heteroatoms. The number of hydrogen-bond acceptors (Lipinski definition) is 6. The Kier molecular flexibility index (Phi) is 3.72. The Morgan fingerprint density at radius 3 is 2.39 bits per heavy atom. The molecule has 3 rings (SSSR count). The highest BCUT2D eigenvalue weighted by Crippen LogP contribution is 2.13. The smallest absolute Gasteiger partial charge is 0.238 e. The van der Waals surface area contributed by atoms with Crippen LogP contribution in [0.25, 0.3) is 5.69 Å². The number of pyridine rings is 1. The molecule has 1 aromatic carbocycles. The minimum atomic E-state index is -3.75. The van der Waals surface area contributed by atoms with Gasteiger partial charge in [-0.05, 0) is 36.4 Å². The Morgan fingerprint density at radius 2 is 1.78 bits per heavy atom. The zero-order valence-electron chi connectivity index (χ0n) is 11.7. The molecule has 2 heterocycles. The molecule has 0 aliphatic rings. The fourth-order valence-electron chi connectivity index (χ4n) is 1.91. The predicted molar refractivity (Wildman–Crippen MR) is 80.4 cm³/mol. The standard InChI is InChI=1S/C14H11N5O3S/c15-23(21,22)11-6-4-10(5-7-11)19-9-13(17-18-19)14(20)12-3-1-2-8-16-12/h1-9H,(H2,15,21,22). The molecule has 0 radical (unpaired) electrons. The lowest BCUT2D eigenvalue weighted by Crippen LogP contribution is -2.12. The largest absolute Gasteiger partial charge is 0.285 e. The second-order valence-corrected chi connectivity index (χ2v) is 6.19. The molecular formula is C14H11N5O3S. The molecule has 0 atom stereocenters. The third kappa shape index (κ3) is 3.15. The van der Waals surface area contributed by atoms with E-state index in [0.717, 1.165) is 0 Å². The third-order valence-electron chi connectivity index (χ3n) is 3.05. The molecule has 0 spiro atoms. The van der Waals surface area contributed by atoms with Crippen molar-refractivity contribution in [3.63, 3.8) is 0 Å². The SMILES string of the molecule is NS(=O)(=O)c1ccc(-n2cc(C(=O)c3ccccn3)nn2)cc1. The zero-order valence-corrected chi connectivity index (χ0v) is 12.5. The lowest BCUT2D eigenvalue weighted by atomic mass is 10.2. The van der Waals surface area contributed by atoms with Crippen molar-refractivity contribution in [2.24, 2.45) is 5.14 Å². The summed E-state index contributed by atoms with van der Waals surface area (Å²) < 4.78 is 23.8. The van der Waals surface area contributed by atoms with Gasteiger partial charge in [0.05, 0.1) is 16.8 Å². The van der Waals surface area contributed by atoms with E-state index in [-0.39, 0.29) is 22.1 Å². The molecule has 116 valence electrons. The van der Waals surface area contributed by atoms with Crippen LogP contribution in [0.4, 0.5) is 0 Å². The summed E-state index contributed by atoms with van der Waals surface area (Å²) in [5.74, 6) is -0.349. The van der Waals surface area contributed by atoms with Crippen LogP contribution in [0, 0.1) is 0 Å². The van der Waals surface area contributed by atoms with Gasteiger partial charge in [0, 0.05) is 6.20 Å². The highest BCUT2D eigenvalue weighted by atomic mass is 32.2. The number of hydrogen-bond donors (Lipinski definition) is 1. The Hall–Kier alpha value is -2.91. The van der Waals surface area contributed by atoms with Crippen molar-refractivity contribution < 1.29 is 13.2 Å². The van der Waals surface area contributed by atoms with Crippen LogP contribution in [0.5, 0.6) is 0 Å². The molecule has 0 unspecified atom stereocenters. The Labute approximate surface area is 131 Å². The second-order valence-electron chi connectivity index (χ2n) is 4.63. The maximum Gasteiger partial charge on any atom is 0.238 e. The number of nitrogens with two attached hydrogens (primary N) is 1. The van der Waals surface area contributed by atoms with Crippen LogP contribution in [-0.4, -0.2) is 34.2 Å². The highest BCUT2D eigenvalue weighted by Gasteiger charge is 2.15. The summed E-state index contributed by atoms with van der Waals surface area (Å²) in [6.45, 7) is 0. The molecule has 8 nitrogen and oxygen atoms in total. The first-order valence-electron chi connectivity index (χ1n) is 6.46. The summed E-state index contributed by atoms with van der Waals surface area (Å²) in [7, 11) is -3.75. The van der Waals surface area contributed by atoms with Gasteiger partial charge in [0.25, 0.3) is 0 Å². The number of carbonyl (C=O) groups excluding carboxylic acids is 1. The zero-order chi connectivity index (χ0) is 16.4. The first-order chi connectivity index (χ1) is 10.9. The lowest BCUT2D eigenvalue weighted by molar-refractivity contribution is 0.102. The Balaban J connectivity index is 1.89. The number of carbonyl (C=O) groups is 1. The summed E-state index contributed by atoms with van der Waals surface area (Å²) in [6.07, 6.45) is 2.96. The normalized spacial score (nSPS) is 11.3. The van der Waals surface area contributed by atoms with E-state index >= 15 is 0 Å². The van der Waals surface area contributed by atoms with Crippen molar-refractivity contribution in [3.05, 3.63) is 66.2 Å². The van der Waals surface area contributed by atoms with Gasteiger partial charge in [-0.2, -0.15) is 0 Å². The van der Waals surface area contributed by atoms with E-state index < -0.39 is 10.0 Å². The lowest BCUT2D eigenvalue weighted by Gasteiger charge is -2.01. The van der Waals surface area contributed by atoms with Gasteiger partial charge in [0.15, 0.2) is 5.69 Å². The molecule has 0 bridgehead atoms. The summed E-state index contributed by atoms with van der Waals surface area (Å²) in [4.78, 5) is 16.2. The summed E-state index contributed by atoms with van der Waals surface area (Å²) >= 11 is 0. The van der Waals surface area contributed by atoms with Gasteiger partial charge in [-0.25, -0.2) is 18.2 Å². The molecular weight excluding hydrogens is 318 g/mol. The average Bonchev–Trinajstić information content (AvgIpc) is 3.04. The first kappa shape index (κ1) is 15.0. The molecule has 0 saturated heterocycles. The molecule has 0 saturated carbocycles. The van der Waals surface area contributed by atoms with Crippen molar-refractivity contribution >= 4 is 15.8 Å². The number of rotatable bonds is 4. The average molecular weight is 329 g/mol. The van der Waals surface area contributed by atoms with E-state index in [0.29, 0.717) is 5.69 Å². The topological polar surface area (TPSA) is 121 Å². The van der Waals surface area contributed by atoms with Crippen molar-refractivity contribution in [3.8, 4) is 5.69 Å². The van der Waals surface area contributed by atoms with Gasteiger partial charge in [-0.3, -0.25) is 9.78 Å². The van der Waals surface area contributed by atoms with Crippen LogP contribution in [0.1, 0.15) is 16.2 Å². The van der Waals surface area contributed by atoms with Crippen molar-refractivity contribution in [2.45, 2.75) is 4.90 Å². The van der Waals surface area contributed by atoms with E-state index in [9.17, 15) is 13.2 Å². The van der Waals surface area contributed by atoms with E-state index in [1.165, 1.54) is 41.3 Å². The van der Waals surface area contributed by atoms with Gasteiger partial charge in [0.1, 0.15) is 5.69 Å². The minimum Gasteiger partial charge on any atom is -0.285 e. The third-order valence-corrected chi connectivity index (χ3v) is 3.98. The minimum absolute atomic E-state index is 0.00819. The van der Waals surface area contributed by atoms with Gasteiger partial charge in [-0.15, -0.1) is 5.10 Å². The molecule has 2 N–H and O–H groups in total. The van der Waals surface area contributed by atoms with E-state index in [4.69, 9.17) is 5.14 Å². The monoisotopic (exact) mass is 329 g/mol. The second kappa shape index (κ2) is 5.71. The fourth-order valence-corrected chi connectivity index (χ4v) is 2.43. The molecule has 3 aromatic rings. The summed E-state index contributed by atoms with van der Waals surface area (Å²) in [5.41, 5.74) is 0.952. The van der Waals surface area contributed by atoms with Crippen LogP contribution >= 0.6 is 0 Å². The van der Waals surface area contributed by atoms with Crippen LogP contribution in [0.15, 0.2) is 59.8 Å². The molecule has 0 fully saturated rings. The molecule has 0 amide bonds. The Morgan fingerprint density at radius 1 is 1.04 bits per heavy atom. The number of sulfonamides is 1. The van der Waals surface area contributed by atoms with Crippen molar-refractivity contribution in [1.82, 2.24) is 20.0 Å². The van der Waals surface area contributed by atoms with E-state index in [1.807, 2.05) is 0 Å². The van der Waals surface area contributed by atoms with Gasteiger partial charge >= 0.3 is 0 Å². The highest BCUT2D eigenvalue weighted by molar-refractivity contribution is 7.89. The molecule has 0 aliphatic carbocycles. The van der Waals surface area contributed by atoms with Crippen LogP contribution < -0.4 is 5.14 Å². The molecule has 0 aliphatic heterocycles. The van der Waals surface area contributed by atoms with Crippen LogP contribution in [0.2, 0.25) is 0 Å². The van der Waals surface area contributed by atoms with Crippen LogP contribution in [-0.2, 0) is 10.0 Å². The van der Waals surface area contributed by atoms with Crippen LogP contribution in [0.3, 0.4) is 0 Å². The molecule has 23 heavy (non-hydrogen) atoms. The van der Waals surface area contributed by atoms with E-state index in [1.54, 1.807) is 18.2 Å². The van der Waals surface area contributed by atoms with Gasteiger partial charge < -0.3 is 0 Å². The first-order valence-corrected chi connectivity index (χ1v) is 8.01. The number of aromatic nitrogens is 4. The van der Waals surface area contributed by atoms with Crippen molar-refractivity contribution in [2.75, 3.05) is 0 Å². The number of ketones is 1. The Bertz CT molecular complexity index is 950. The van der Waals surface area contributed by atoms with E-state index in [2.05, 4.69) is 15.3 Å². The number of nitrogens with zero attached hydrogens (tertiary/aromatic N) is 4.